The summed E-state index contributed by atoms with van der Waals surface area (Å²) in [6.07, 6.45) is -4.49. The lowest BCUT2D eigenvalue weighted by Crippen LogP contribution is -2.05. The monoisotopic (exact) mass is 811 g/mol. The lowest BCUT2D eigenvalue weighted by Gasteiger charge is -2.21. The van der Waals surface area contributed by atoms with Crippen molar-refractivity contribution in [2.24, 2.45) is 0 Å². The summed E-state index contributed by atoms with van der Waals surface area (Å²) >= 11 is 0. The zero-order valence-electron chi connectivity index (χ0n) is 34.4. The van der Waals surface area contributed by atoms with Crippen molar-refractivity contribution >= 4 is 21.8 Å². The molecule has 3 nitrogen and oxygen atoms in total. The summed E-state index contributed by atoms with van der Waals surface area (Å²) in [4.78, 5) is 10.4. The zero-order valence-corrected chi connectivity index (χ0v) is 34.4. The molecule has 0 unspecified atom stereocenters. The van der Waals surface area contributed by atoms with Crippen molar-refractivity contribution in [2.75, 3.05) is 0 Å². The van der Waals surface area contributed by atoms with E-state index in [1.807, 2.05) is 78.9 Å². The van der Waals surface area contributed by atoms with Crippen LogP contribution in [0.25, 0.3) is 94.8 Å². The van der Waals surface area contributed by atoms with Gasteiger partial charge in [0.05, 0.1) is 33.7 Å². The number of hydrogen-bond acceptors (Lipinski definition) is 2. The fourth-order valence-electron chi connectivity index (χ4n) is 8.64. The van der Waals surface area contributed by atoms with Gasteiger partial charge in [-0.15, -0.1) is 0 Å². The molecule has 300 valence electrons. The Kier molecular flexibility index (Phi) is 9.64. The van der Waals surface area contributed by atoms with Crippen molar-refractivity contribution in [1.82, 2.24) is 14.5 Å². The summed E-state index contributed by atoms with van der Waals surface area (Å²) in [5.74, 6) is 0.499. The number of nitrogens with zero attached hydrogens (tertiary/aromatic N) is 3. The molecular weight excluding hydrogens is 772 g/mol. The molecule has 0 spiro atoms. The van der Waals surface area contributed by atoms with Gasteiger partial charge in [-0.2, -0.15) is 13.2 Å². The second-order valence-corrected chi connectivity index (χ2v) is 16.0. The maximum Gasteiger partial charge on any atom is 0.416 e. The van der Waals surface area contributed by atoms with Crippen LogP contribution in [0.3, 0.4) is 0 Å². The zero-order chi connectivity index (χ0) is 42.5. The van der Waals surface area contributed by atoms with E-state index in [0.29, 0.717) is 11.4 Å². The van der Waals surface area contributed by atoms with Gasteiger partial charge in [-0.1, -0.05) is 156 Å². The van der Waals surface area contributed by atoms with Gasteiger partial charge < -0.3 is 4.57 Å². The molecule has 8 aromatic carbocycles. The second kappa shape index (κ2) is 15.5. The van der Waals surface area contributed by atoms with Crippen LogP contribution >= 0.6 is 0 Å². The number of alkyl halides is 3. The predicted molar refractivity (Wildman–Crippen MR) is 248 cm³/mol. The topological polar surface area (TPSA) is 30.7 Å². The van der Waals surface area contributed by atoms with Crippen LogP contribution in [0, 0.1) is 20.8 Å². The fourth-order valence-corrected chi connectivity index (χ4v) is 8.64. The highest BCUT2D eigenvalue weighted by molar-refractivity contribution is 6.12. The van der Waals surface area contributed by atoms with E-state index in [9.17, 15) is 13.2 Å². The largest absolute Gasteiger partial charge is 0.416 e. The van der Waals surface area contributed by atoms with Gasteiger partial charge in [0, 0.05) is 38.6 Å². The Morgan fingerprint density at radius 3 is 1.48 bits per heavy atom. The highest BCUT2D eigenvalue weighted by Crippen LogP contribution is 2.45. The van der Waals surface area contributed by atoms with Gasteiger partial charge in [-0.3, -0.25) is 0 Å². The van der Waals surface area contributed by atoms with Crippen molar-refractivity contribution in [3.63, 3.8) is 0 Å². The van der Waals surface area contributed by atoms with Crippen molar-refractivity contribution in [3.8, 4) is 73.0 Å². The number of rotatable bonds is 7. The van der Waals surface area contributed by atoms with Crippen LogP contribution in [0.15, 0.2) is 188 Å². The van der Waals surface area contributed by atoms with E-state index in [-0.39, 0.29) is 0 Å². The first-order valence-corrected chi connectivity index (χ1v) is 20.6. The number of aromatic nitrogens is 3. The molecule has 2 heterocycles. The third kappa shape index (κ3) is 7.24. The first-order valence-electron chi connectivity index (χ1n) is 20.6. The Balaban J connectivity index is 1.31. The van der Waals surface area contributed by atoms with E-state index in [1.54, 1.807) is 12.1 Å². The van der Waals surface area contributed by atoms with Gasteiger partial charge in [-0.05, 0) is 91.6 Å². The van der Waals surface area contributed by atoms with Gasteiger partial charge in [0.1, 0.15) is 0 Å². The number of para-hydroxylation sites is 1. The molecule has 0 saturated heterocycles. The standard InChI is InChI=1S/C56H40F3N3/c1-35-18-20-38(21-19-35)47-32-44(55-60-50(40-12-6-4-7-13-40)34-51(61-55)41-14-8-5-9-15-41)33-48(39-22-25-45(26-23-39)56(57,58)59)54(47)62-52-17-11-10-16-46(52)49-31-42(24-27-53(49)62)43-29-36(2)28-37(3)30-43/h4-34H,1-3H3. The van der Waals surface area contributed by atoms with Crippen molar-refractivity contribution in [2.45, 2.75) is 26.9 Å². The molecular formula is C56H40F3N3. The molecule has 0 bridgehead atoms. The average molecular weight is 812 g/mol. The molecule has 62 heavy (non-hydrogen) atoms. The summed E-state index contributed by atoms with van der Waals surface area (Å²) in [5, 5.41) is 2.14. The third-order valence-corrected chi connectivity index (χ3v) is 11.6. The number of aryl methyl sites for hydroxylation is 3. The number of fused-ring (bicyclic) bond motifs is 3. The van der Waals surface area contributed by atoms with E-state index >= 15 is 0 Å². The summed E-state index contributed by atoms with van der Waals surface area (Å²) in [7, 11) is 0. The minimum Gasteiger partial charge on any atom is -0.308 e. The number of hydrogen-bond donors (Lipinski definition) is 0. The molecule has 0 aliphatic heterocycles. The van der Waals surface area contributed by atoms with Crippen molar-refractivity contribution < 1.29 is 13.2 Å². The summed E-state index contributed by atoms with van der Waals surface area (Å²) < 4.78 is 44.6. The highest BCUT2D eigenvalue weighted by atomic mass is 19.4. The smallest absolute Gasteiger partial charge is 0.308 e. The molecule has 10 aromatic rings. The summed E-state index contributed by atoms with van der Waals surface area (Å²) in [6, 6.07) is 61.6. The van der Waals surface area contributed by atoms with E-state index in [1.165, 1.54) is 23.3 Å². The molecule has 0 aliphatic carbocycles. The van der Waals surface area contributed by atoms with E-state index in [2.05, 4.69) is 110 Å². The quantitative estimate of drug-likeness (QED) is 0.160. The third-order valence-electron chi connectivity index (χ3n) is 11.6. The molecule has 6 heteroatoms. The molecule has 0 amide bonds. The van der Waals surface area contributed by atoms with Crippen molar-refractivity contribution in [3.05, 3.63) is 210 Å². The maximum atomic E-state index is 14.1. The minimum absolute atomic E-state index is 0.499. The fraction of sp³-hybridized carbons (Fsp3) is 0.0714. The molecule has 2 aromatic heterocycles. The Hall–Kier alpha value is -7.57. The Morgan fingerprint density at radius 1 is 0.387 bits per heavy atom. The van der Waals surface area contributed by atoms with Crippen LogP contribution in [0.5, 0.6) is 0 Å². The van der Waals surface area contributed by atoms with E-state index < -0.39 is 11.7 Å². The lowest BCUT2D eigenvalue weighted by molar-refractivity contribution is -0.137. The molecule has 0 saturated carbocycles. The van der Waals surface area contributed by atoms with Crippen LogP contribution in [-0.4, -0.2) is 14.5 Å². The van der Waals surface area contributed by atoms with E-state index in [0.717, 1.165) is 89.0 Å². The van der Waals surface area contributed by atoms with Crippen LogP contribution in [0.1, 0.15) is 22.3 Å². The lowest BCUT2D eigenvalue weighted by atomic mass is 9.91. The molecule has 0 radical (unpaired) electrons. The van der Waals surface area contributed by atoms with Gasteiger partial charge >= 0.3 is 6.18 Å². The molecule has 0 aliphatic rings. The van der Waals surface area contributed by atoms with Gasteiger partial charge in [0.2, 0.25) is 0 Å². The van der Waals surface area contributed by atoms with Crippen LogP contribution in [0.2, 0.25) is 0 Å². The predicted octanol–water partition coefficient (Wildman–Crippen LogP) is 15.5. The average Bonchev–Trinajstić information content (AvgIpc) is 3.62. The van der Waals surface area contributed by atoms with Crippen LogP contribution < -0.4 is 0 Å². The molecule has 0 fully saturated rings. The van der Waals surface area contributed by atoms with Gasteiger partial charge in [0.25, 0.3) is 0 Å². The Morgan fingerprint density at radius 2 is 0.903 bits per heavy atom. The molecule has 0 atom stereocenters. The first-order chi connectivity index (χ1) is 30.1. The van der Waals surface area contributed by atoms with E-state index in [4.69, 9.17) is 9.97 Å². The Labute approximate surface area is 358 Å². The first kappa shape index (κ1) is 38.6. The van der Waals surface area contributed by atoms with Crippen molar-refractivity contribution in [1.29, 1.82) is 0 Å². The number of halogens is 3. The Bertz CT molecular complexity index is 3200. The van der Waals surface area contributed by atoms with Gasteiger partial charge in [-0.25, -0.2) is 9.97 Å². The number of benzene rings is 8. The van der Waals surface area contributed by atoms with Gasteiger partial charge in [0.15, 0.2) is 5.82 Å². The van der Waals surface area contributed by atoms with Crippen LogP contribution in [0.4, 0.5) is 13.2 Å². The summed E-state index contributed by atoms with van der Waals surface area (Å²) in [5.41, 5.74) is 15.1. The second-order valence-electron chi connectivity index (χ2n) is 16.0. The normalized spacial score (nSPS) is 11.7. The minimum atomic E-state index is -4.49. The SMILES string of the molecule is Cc1ccc(-c2cc(-c3nc(-c4ccccc4)cc(-c4ccccc4)n3)cc(-c3ccc(C(F)(F)F)cc3)c2-n2c3ccccc3c3cc(-c4cc(C)cc(C)c4)ccc32)cc1. The highest BCUT2D eigenvalue weighted by Gasteiger charge is 2.30. The molecule has 0 N–H and O–H groups in total. The summed E-state index contributed by atoms with van der Waals surface area (Å²) in [6.45, 7) is 6.29. The van der Waals surface area contributed by atoms with Crippen LogP contribution in [-0.2, 0) is 6.18 Å². The maximum absolute atomic E-state index is 14.1. The molecule has 10 rings (SSSR count).